The second-order valence-corrected chi connectivity index (χ2v) is 12.0. The molecule has 4 aliphatic carbocycles. The van der Waals surface area contributed by atoms with Crippen LogP contribution in [-0.4, -0.2) is 29.7 Å². The van der Waals surface area contributed by atoms with Crippen LogP contribution in [0.1, 0.15) is 85.0 Å². The topological polar surface area (TPSA) is 38.7 Å². The molecule has 3 saturated carbocycles. The van der Waals surface area contributed by atoms with Crippen LogP contribution in [0.2, 0.25) is 0 Å². The van der Waals surface area contributed by atoms with Gasteiger partial charge in [-0.05, 0) is 92.3 Å². The third-order valence-electron chi connectivity index (χ3n) is 11.0. The van der Waals surface area contributed by atoms with Crippen LogP contribution in [0.4, 0.5) is 0 Å². The molecular formula is C26H40O3. The molecule has 6 rings (SSSR count). The maximum absolute atomic E-state index is 10.2. The lowest BCUT2D eigenvalue weighted by Crippen LogP contribution is -2.52. The highest BCUT2D eigenvalue weighted by Crippen LogP contribution is 2.70. The van der Waals surface area contributed by atoms with Crippen molar-refractivity contribution in [2.45, 2.75) is 103 Å². The summed E-state index contributed by atoms with van der Waals surface area (Å²) in [7, 11) is 0. The van der Waals surface area contributed by atoms with E-state index in [0.717, 1.165) is 43.6 Å². The first kappa shape index (κ1) is 19.3. The van der Waals surface area contributed by atoms with Gasteiger partial charge in [-0.1, -0.05) is 32.4 Å². The molecule has 29 heavy (non-hydrogen) atoms. The Kier molecular flexibility index (Phi) is 4.21. The van der Waals surface area contributed by atoms with E-state index in [1.165, 1.54) is 44.9 Å². The van der Waals surface area contributed by atoms with Crippen LogP contribution < -0.4 is 0 Å². The molecule has 2 saturated heterocycles. The molecule has 2 heterocycles. The zero-order chi connectivity index (χ0) is 20.0. The van der Waals surface area contributed by atoms with Gasteiger partial charge in [-0.3, -0.25) is 0 Å². The van der Waals surface area contributed by atoms with Gasteiger partial charge in [-0.15, -0.1) is 0 Å². The van der Waals surface area contributed by atoms with Crippen molar-refractivity contribution in [2.24, 2.45) is 40.4 Å². The third-order valence-corrected chi connectivity index (χ3v) is 11.0. The van der Waals surface area contributed by atoms with Gasteiger partial charge in [0.25, 0.3) is 0 Å². The Balaban J connectivity index is 1.30. The van der Waals surface area contributed by atoms with Crippen LogP contribution in [0.3, 0.4) is 0 Å². The Morgan fingerprint density at radius 1 is 1.07 bits per heavy atom. The third kappa shape index (κ3) is 2.47. The Hall–Kier alpha value is -0.380. The van der Waals surface area contributed by atoms with Crippen LogP contribution in [-0.2, 0) is 9.47 Å². The molecule has 10 atom stereocenters. The van der Waals surface area contributed by atoms with Crippen LogP contribution in [0.25, 0.3) is 0 Å². The standard InChI is InChI=1S/C26H40O3/c1-16-23-22(29-26(16)10-4-5-13-28-26)15-21-19-7-6-17-14-18(27)8-11-24(17,2)20(19)9-12-25(21,23)3/h6,16,18-23,27H,4-5,7-15H2,1-3H3/t16-,18+,19+,20-,21+,22-,23+,24+,25+,26+/m1/s1. The Morgan fingerprint density at radius 3 is 2.72 bits per heavy atom. The molecular weight excluding hydrogens is 360 g/mol. The zero-order valence-corrected chi connectivity index (χ0v) is 18.7. The molecule has 3 nitrogen and oxygen atoms in total. The highest BCUT2D eigenvalue weighted by molar-refractivity contribution is 5.26. The molecule has 5 fully saturated rings. The highest BCUT2D eigenvalue weighted by Gasteiger charge is 2.68. The lowest BCUT2D eigenvalue weighted by atomic mass is 9.47. The number of hydrogen-bond donors (Lipinski definition) is 1. The largest absolute Gasteiger partial charge is 0.393 e. The summed E-state index contributed by atoms with van der Waals surface area (Å²) in [5.41, 5.74) is 2.32. The van der Waals surface area contributed by atoms with Crippen molar-refractivity contribution in [3.05, 3.63) is 11.6 Å². The van der Waals surface area contributed by atoms with Crippen LogP contribution in [0, 0.1) is 40.4 Å². The summed E-state index contributed by atoms with van der Waals surface area (Å²) in [6, 6.07) is 0. The van der Waals surface area contributed by atoms with Crippen molar-refractivity contribution in [1.82, 2.24) is 0 Å². The van der Waals surface area contributed by atoms with Gasteiger partial charge in [-0.25, -0.2) is 0 Å². The molecule has 3 heteroatoms. The number of ether oxygens (including phenoxy) is 2. The van der Waals surface area contributed by atoms with E-state index in [9.17, 15) is 5.11 Å². The van der Waals surface area contributed by atoms with Gasteiger partial charge >= 0.3 is 0 Å². The maximum atomic E-state index is 10.2. The summed E-state index contributed by atoms with van der Waals surface area (Å²) < 4.78 is 13.2. The molecule has 0 aromatic rings. The Bertz CT molecular complexity index is 709. The van der Waals surface area contributed by atoms with Crippen molar-refractivity contribution in [2.75, 3.05) is 6.61 Å². The van der Waals surface area contributed by atoms with Gasteiger partial charge in [-0.2, -0.15) is 0 Å². The summed E-state index contributed by atoms with van der Waals surface area (Å²) in [6.07, 6.45) is 14.7. The first-order chi connectivity index (χ1) is 13.9. The number of hydrogen-bond acceptors (Lipinski definition) is 3. The molecule has 1 spiro atoms. The molecule has 0 aromatic carbocycles. The van der Waals surface area contributed by atoms with E-state index >= 15 is 0 Å². The zero-order valence-electron chi connectivity index (χ0n) is 18.7. The van der Waals surface area contributed by atoms with Gasteiger partial charge in [0.2, 0.25) is 0 Å². The predicted octanol–water partition coefficient (Wildman–Crippen LogP) is 5.47. The minimum absolute atomic E-state index is 0.105. The fourth-order valence-corrected chi connectivity index (χ4v) is 9.56. The van der Waals surface area contributed by atoms with E-state index in [-0.39, 0.29) is 11.9 Å². The van der Waals surface area contributed by atoms with Gasteiger partial charge in [0.05, 0.1) is 18.8 Å². The molecule has 162 valence electrons. The van der Waals surface area contributed by atoms with E-state index < -0.39 is 0 Å². The summed E-state index contributed by atoms with van der Waals surface area (Å²) in [4.78, 5) is 0. The van der Waals surface area contributed by atoms with Crippen molar-refractivity contribution < 1.29 is 14.6 Å². The summed E-state index contributed by atoms with van der Waals surface area (Å²) >= 11 is 0. The average molecular weight is 401 g/mol. The minimum atomic E-state index is -0.274. The number of allylic oxidation sites excluding steroid dienone is 1. The van der Waals surface area contributed by atoms with E-state index in [1.54, 1.807) is 5.57 Å². The first-order valence-corrected chi connectivity index (χ1v) is 12.6. The predicted molar refractivity (Wildman–Crippen MR) is 113 cm³/mol. The molecule has 0 unspecified atom stereocenters. The monoisotopic (exact) mass is 400 g/mol. The fourth-order valence-electron chi connectivity index (χ4n) is 9.56. The van der Waals surface area contributed by atoms with Gasteiger partial charge in [0.1, 0.15) is 0 Å². The van der Waals surface area contributed by atoms with E-state index in [2.05, 4.69) is 26.8 Å². The van der Waals surface area contributed by atoms with Gasteiger partial charge in [0, 0.05) is 12.3 Å². The summed E-state index contributed by atoms with van der Waals surface area (Å²) in [6.45, 7) is 8.47. The minimum Gasteiger partial charge on any atom is -0.393 e. The molecule has 1 N–H and O–H groups in total. The van der Waals surface area contributed by atoms with Crippen molar-refractivity contribution in [3.8, 4) is 0 Å². The number of rotatable bonds is 0. The lowest BCUT2D eigenvalue weighted by Gasteiger charge is -2.58. The fraction of sp³-hybridized carbons (Fsp3) is 0.923. The Labute approximate surface area is 176 Å². The molecule has 0 radical (unpaired) electrons. The van der Waals surface area contributed by atoms with Crippen molar-refractivity contribution >= 4 is 0 Å². The second-order valence-electron chi connectivity index (χ2n) is 12.0. The average Bonchev–Trinajstić information content (AvgIpc) is 3.14. The second kappa shape index (κ2) is 6.33. The maximum Gasteiger partial charge on any atom is 0.171 e. The van der Waals surface area contributed by atoms with Crippen molar-refractivity contribution in [1.29, 1.82) is 0 Å². The summed E-state index contributed by atoms with van der Waals surface area (Å²) in [5, 5.41) is 10.2. The van der Waals surface area contributed by atoms with Crippen LogP contribution in [0.15, 0.2) is 11.6 Å². The molecule has 6 aliphatic rings. The quantitative estimate of drug-likeness (QED) is 0.548. The van der Waals surface area contributed by atoms with E-state index in [4.69, 9.17) is 9.47 Å². The van der Waals surface area contributed by atoms with Gasteiger partial charge in [0.15, 0.2) is 5.79 Å². The molecule has 0 amide bonds. The van der Waals surface area contributed by atoms with Crippen LogP contribution >= 0.6 is 0 Å². The molecule has 0 bridgehead atoms. The lowest BCUT2D eigenvalue weighted by molar-refractivity contribution is -0.264. The smallest absolute Gasteiger partial charge is 0.171 e. The SMILES string of the molecule is C[C@@H]1[C@H]2[C@@H](C[C@H]3[C@H]4CC=C5C[C@@H](O)CC[C@]5(C)[C@@H]4CC[C@]23C)O[C@@]12CCCCO2. The highest BCUT2D eigenvalue weighted by atomic mass is 16.7. The Morgan fingerprint density at radius 2 is 1.93 bits per heavy atom. The van der Waals surface area contributed by atoms with Crippen LogP contribution in [0.5, 0.6) is 0 Å². The summed E-state index contributed by atoms with van der Waals surface area (Å²) in [5.74, 6) is 3.32. The first-order valence-electron chi connectivity index (χ1n) is 12.6. The number of fused-ring (bicyclic) bond motifs is 7. The van der Waals surface area contributed by atoms with Gasteiger partial charge < -0.3 is 14.6 Å². The number of aliphatic hydroxyl groups is 1. The van der Waals surface area contributed by atoms with E-state index in [0.29, 0.717) is 28.8 Å². The molecule has 0 aromatic heterocycles. The number of aliphatic hydroxyl groups excluding tert-OH is 1. The van der Waals surface area contributed by atoms with Crippen molar-refractivity contribution in [3.63, 3.8) is 0 Å². The molecule has 2 aliphatic heterocycles. The normalized spacial score (nSPS) is 58.9. The van der Waals surface area contributed by atoms with E-state index in [1.807, 2.05) is 0 Å².